The number of carbonyl (C=O) groups excluding carboxylic acids is 1. The van der Waals surface area contributed by atoms with Crippen LogP contribution in [0.5, 0.6) is 0 Å². The van der Waals surface area contributed by atoms with Gasteiger partial charge in [-0.15, -0.1) is 17.9 Å². The molecule has 0 aliphatic carbocycles. The van der Waals surface area contributed by atoms with Crippen LogP contribution in [0, 0.1) is 10.1 Å². The number of hydrogen-bond donors (Lipinski definition) is 0. The van der Waals surface area contributed by atoms with E-state index in [0.29, 0.717) is 55.0 Å². The second-order valence-corrected chi connectivity index (χ2v) is 8.04. The molecule has 0 bridgehead atoms. The summed E-state index contributed by atoms with van der Waals surface area (Å²) in [4.78, 5) is 28.7. The summed E-state index contributed by atoms with van der Waals surface area (Å²) in [6.07, 6.45) is 1.64. The van der Waals surface area contributed by atoms with Gasteiger partial charge in [-0.05, 0) is 18.2 Å². The Bertz CT molecular complexity index is 880. The predicted octanol–water partition coefficient (Wildman–Crippen LogP) is 3.97. The number of amides is 1. The number of thiophene rings is 1. The molecule has 0 atom stereocenters. The van der Waals surface area contributed by atoms with Crippen LogP contribution in [0.25, 0.3) is 0 Å². The second kappa shape index (κ2) is 9.18. The zero-order valence-electron chi connectivity index (χ0n) is 15.2. The standard InChI is InChI=1S/C19H20ClN3O4S/c1-2-7-22(13-15-4-6-18(20)28-15)19(24)16-12-14(23(25)26)3-5-17(16)21-8-10-27-11-9-21/h2-6,12H,1,7-11,13H2. The number of anilines is 1. The van der Waals surface area contributed by atoms with Crippen molar-refractivity contribution in [3.05, 3.63) is 67.9 Å². The van der Waals surface area contributed by atoms with E-state index in [2.05, 4.69) is 6.58 Å². The van der Waals surface area contributed by atoms with Crippen molar-refractivity contribution in [2.45, 2.75) is 6.54 Å². The van der Waals surface area contributed by atoms with E-state index in [9.17, 15) is 14.9 Å². The summed E-state index contributed by atoms with van der Waals surface area (Å²) >= 11 is 7.40. The Balaban J connectivity index is 1.96. The van der Waals surface area contributed by atoms with Crippen molar-refractivity contribution >= 4 is 40.2 Å². The van der Waals surface area contributed by atoms with Crippen molar-refractivity contribution in [2.24, 2.45) is 0 Å². The van der Waals surface area contributed by atoms with Crippen LogP contribution in [0.4, 0.5) is 11.4 Å². The number of benzene rings is 1. The van der Waals surface area contributed by atoms with Crippen LogP contribution in [0.2, 0.25) is 4.34 Å². The van der Waals surface area contributed by atoms with Crippen molar-refractivity contribution in [1.29, 1.82) is 0 Å². The van der Waals surface area contributed by atoms with Gasteiger partial charge in [0.2, 0.25) is 0 Å². The van der Waals surface area contributed by atoms with Gasteiger partial charge in [-0.25, -0.2) is 0 Å². The molecule has 7 nitrogen and oxygen atoms in total. The Morgan fingerprint density at radius 1 is 1.36 bits per heavy atom. The lowest BCUT2D eigenvalue weighted by Crippen LogP contribution is -2.38. The van der Waals surface area contributed by atoms with Crippen LogP contribution in [0.15, 0.2) is 43.0 Å². The van der Waals surface area contributed by atoms with Crippen molar-refractivity contribution in [1.82, 2.24) is 4.90 Å². The summed E-state index contributed by atoms with van der Waals surface area (Å²) in [7, 11) is 0. The average Bonchev–Trinajstić information content (AvgIpc) is 3.12. The van der Waals surface area contributed by atoms with Crippen molar-refractivity contribution in [3.63, 3.8) is 0 Å². The monoisotopic (exact) mass is 421 g/mol. The summed E-state index contributed by atoms with van der Waals surface area (Å²) < 4.78 is 6.03. The number of morpholine rings is 1. The van der Waals surface area contributed by atoms with Gasteiger partial charge >= 0.3 is 0 Å². The van der Waals surface area contributed by atoms with Gasteiger partial charge in [-0.2, -0.15) is 0 Å². The highest BCUT2D eigenvalue weighted by Gasteiger charge is 2.25. The highest BCUT2D eigenvalue weighted by atomic mass is 35.5. The molecule has 148 valence electrons. The normalized spacial score (nSPS) is 14.0. The molecule has 1 saturated heterocycles. The van der Waals surface area contributed by atoms with E-state index in [1.807, 2.05) is 11.0 Å². The first-order valence-electron chi connectivity index (χ1n) is 8.75. The van der Waals surface area contributed by atoms with Gasteiger partial charge < -0.3 is 14.5 Å². The number of rotatable bonds is 7. The van der Waals surface area contributed by atoms with Crippen LogP contribution >= 0.6 is 22.9 Å². The molecular weight excluding hydrogens is 402 g/mol. The third-order valence-corrected chi connectivity index (χ3v) is 5.60. The van der Waals surface area contributed by atoms with Crippen molar-refractivity contribution in [3.8, 4) is 0 Å². The molecular formula is C19H20ClN3O4S. The number of carbonyl (C=O) groups is 1. The maximum atomic E-state index is 13.4. The molecule has 3 rings (SSSR count). The van der Waals surface area contributed by atoms with E-state index in [1.165, 1.54) is 23.5 Å². The Morgan fingerprint density at radius 3 is 2.71 bits per heavy atom. The van der Waals surface area contributed by atoms with Gasteiger partial charge in [-0.1, -0.05) is 17.7 Å². The Hall–Kier alpha value is -2.42. The minimum absolute atomic E-state index is 0.113. The average molecular weight is 422 g/mol. The lowest BCUT2D eigenvalue weighted by molar-refractivity contribution is -0.384. The molecule has 1 aliphatic heterocycles. The molecule has 2 aromatic rings. The molecule has 2 heterocycles. The van der Waals surface area contributed by atoms with E-state index in [1.54, 1.807) is 23.1 Å². The highest BCUT2D eigenvalue weighted by molar-refractivity contribution is 7.16. The van der Waals surface area contributed by atoms with E-state index >= 15 is 0 Å². The molecule has 1 fully saturated rings. The third-order valence-electron chi connectivity index (χ3n) is 4.39. The SMILES string of the molecule is C=CCN(Cc1ccc(Cl)s1)C(=O)c1cc([N+](=O)[O-])ccc1N1CCOCC1. The minimum atomic E-state index is -0.489. The van der Waals surface area contributed by atoms with Gasteiger partial charge in [-0.3, -0.25) is 14.9 Å². The summed E-state index contributed by atoms with van der Waals surface area (Å²) in [5.41, 5.74) is 0.871. The molecule has 0 N–H and O–H groups in total. The summed E-state index contributed by atoms with van der Waals surface area (Å²) in [6.45, 7) is 6.75. The molecule has 28 heavy (non-hydrogen) atoms. The first kappa shape index (κ1) is 20.3. The first-order valence-corrected chi connectivity index (χ1v) is 9.94. The molecule has 1 amide bonds. The van der Waals surface area contributed by atoms with Crippen LogP contribution < -0.4 is 4.90 Å². The number of nitro groups is 1. The van der Waals surface area contributed by atoms with Crippen LogP contribution in [-0.4, -0.2) is 48.6 Å². The van der Waals surface area contributed by atoms with Gasteiger partial charge in [0.25, 0.3) is 11.6 Å². The minimum Gasteiger partial charge on any atom is -0.378 e. The Morgan fingerprint density at radius 2 is 2.11 bits per heavy atom. The molecule has 0 spiro atoms. The fourth-order valence-electron chi connectivity index (χ4n) is 3.06. The lowest BCUT2D eigenvalue weighted by atomic mass is 10.1. The zero-order chi connectivity index (χ0) is 20.1. The molecule has 9 heteroatoms. The fourth-order valence-corrected chi connectivity index (χ4v) is 4.16. The summed E-state index contributed by atoms with van der Waals surface area (Å²) in [6, 6.07) is 8.07. The van der Waals surface area contributed by atoms with Gasteiger partial charge in [0.05, 0.1) is 40.3 Å². The Labute approximate surface area is 171 Å². The molecule has 1 aliphatic rings. The largest absolute Gasteiger partial charge is 0.378 e. The second-order valence-electron chi connectivity index (χ2n) is 6.24. The van der Waals surface area contributed by atoms with Crippen LogP contribution in [-0.2, 0) is 11.3 Å². The van der Waals surface area contributed by atoms with E-state index in [0.717, 1.165) is 4.88 Å². The molecule has 1 aromatic carbocycles. The van der Waals surface area contributed by atoms with Gasteiger partial charge in [0.15, 0.2) is 0 Å². The molecule has 0 radical (unpaired) electrons. The maximum Gasteiger partial charge on any atom is 0.270 e. The van der Waals surface area contributed by atoms with Crippen molar-refractivity contribution in [2.75, 3.05) is 37.7 Å². The fraction of sp³-hybridized carbons (Fsp3) is 0.316. The summed E-state index contributed by atoms with van der Waals surface area (Å²) in [5, 5.41) is 11.3. The molecule has 1 aromatic heterocycles. The van der Waals surface area contributed by atoms with E-state index in [4.69, 9.17) is 16.3 Å². The third kappa shape index (κ3) is 4.70. The van der Waals surface area contributed by atoms with E-state index in [-0.39, 0.29) is 11.6 Å². The number of halogens is 1. The number of nitro benzene ring substituents is 1. The predicted molar refractivity (Wildman–Crippen MR) is 110 cm³/mol. The Kier molecular flexibility index (Phi) is 6.66. The quantitative estimate of drug-likeness (QED) is 0.384. The molecule has 0 saturated carbocycles. The van der Waals surface area contributed by atoms with Gasteiger partial charge in [0.1, 0.15) is 0 Å². The topological polar surface area (TPSA) is 75.9 Å². The van der Waals surface area contributed by atoms with Crippen LogP contribution in [0.1, 0.15) is 15.2 Å². The highest BCUT2D eigenvalue weighted by Crippen LogP contribution is 2.29. The van der Waals surface area contributed by atoms with Crippen LogP contribution in [0.3, 0.4) is 0 Å². The smallest absolute Gasteiger partial charge is 0.270 e. The lowest BCUT2D eigenvalue weighted by Gasteiger charge is -2.31. The number of hydrogen-bond acceptors (Lipinski definition) is 6. The molecule has 0 unspecified atom stereocenters. The van der Waals surface area contributed by atoms with E-state index < -0.39 is 4.92 Å². The number of nitrogens with zero attached hydrogens (tertiary/aromatic N) is 3. The number of non-ortho nitro benzene ring substituents is 1. The maximum absolute atomic E-state index is 13.4. The van der Waals surface area contributed by atoms with Crippen molar-refractivity contribution < 1.29 is 14.5 Å². The van der Waals surface area contributed by atoms with Gasteiger partial charge in [0, 0.05) is 36.6 Å². The first-order chi connectivity index (χ1) is 13.5. The zero-order valence-corrected chi connectivity index (χ0v) is 16.7. The summed E-state index contributed by atoms with van der Waals surface area (Å²) in [5.74, 6) is -0.283. The number of ether oxygens (including phenoxy) is 1.